The molecule has 0 saturated carbocycles. The first-order valence-electron chi connectivity index (χ1n) is 5.65. The van der Waals surface area contributed by atoms with Crippen molar-refractivity contribution >= 4 is 5.82 Å². The van der Waals surface area contributed by atoms with Crippen LogP contribution in [0.1, 0.15) is 13.3 Å². The predicted molar refractivity (Wildman–Crippen MR) is 62.8 cm³/mol. The molecule has 1 N–H and O–H groups in total. The number of ether oxygens (including phenoxy) is 2. The van der Waals surface area contributed by atoms with Crippen LogP contribution in [0.4, 0.5) is 5.82 Å². The third kappa shape index (κ3) is 2.44. The van der Waals surface area contributed by atoms with Crippen molar-refractivity contribution in [3.05, 3.63) is 18.3 Å². The Morgan fingerprint density at radius 2 is 2.50 bits per heavy atom. The summed E-state index contributed by atoms with van der Waals surface area (Å²) in [6.07, 6.45) is 3.21. The van der Waals surface area contributed by atoms with Gasteiger partial charge in [0.15, 0.2) is 11.6 Å². The van der Waals surface area contributed by atoms with Crippen LogP contribution in [-0.2, 0) is 4.74 Å². The van der Waals surface area contributed by atoms with E-state index in [1.165, 1.54) is 0 Å². The van der Waals surface area contributed by atoms with Crippen molar-refractivity contribution < 1.29 is 9.47 Å². The molecule has 0 radical (unpaired) electrons. The van der Waals surface area contributed by atoms with Gasteiger partial charge in [-0.15, -0.1) is 0 Å². The molecule has 2 heterocycles. The number of hydrogen-bond acceptors (Lipinski definition) is 4. The van der Waals surface area contributed by atoms with Gasteiger partial charge in [0.25, 0.3) is 0 Å². The fraction of sp³-hybridized carbons (Fsp3) is 0.583. The normalized spacial score (nSPS) is 24.4. The summed E-state index contributed by atoms with van der Waals surface area (Å²) in [5, 5.41) is 3.32. The number of rotatable bonds is 4. The van der Waals surface area contributed by atoms with Crippen LogP contribution in [-0.4, -0.2) is 31.3 Å². The van der Waals surface area contributed by atoms with Crippen LogP contribution in [0.3, 0.4) is 0 Å². The predicted octanol–water partition coefficient (Wildman–Crippen LogP) is 1.93. The van der Waals surface area contributed by atoms with Gasteiger partial charge in [0.1, 0.15) is 0 Å². The highest BCUT2D eigenvalue weighted by Gasteiger charge is 2.24. The first-order chi connectivity index (χ1) is 7.81. The lowest BCUT2D eigenvalue weighted by Crippen LogP contribution is -2.21. The summed E-state index contributed by atoms with van der Waals surface area (Å²) in [7, 11) is 1.66. The average molecular weight is 222 g/mol. The minimum Gasteiger partial charge on any atom is -0.493 e. The van der Waals surface area contributed by atoms with E-state index in [-0.39, 0.29) is 0 Å². The standard InChI is InChI=1S/C12H18N2O2/c1-9-10(5-7-16-9)8-14-12-11(15-2)4-3-6-13-12/h3-4,6,9-10H,5,7-8H2,1-2H3,(H,13,14). The van der Waals surface area contributed by atoms with Gasteiger partial charge in [-0.2, -0.15) is 0 Å². The number of pyridine rings is 1. The van der Waals surface area contributed by atoms with Gasteiger partial charge in [0, 0.05) is 25.3 Å². The van der Waals surface area contributed by atoms with Crippen molar-refractivity contribution in [2.24, 2.45) is 5.92 Å². The zero-order valence-corrected chi connectivity index (χ0v) is 9.77. The summed E-state index contributed by atoms with van der Waals surface area (Å²) >= 11 is 0. The lowest BCUT2D eigenvalue weighted by atomic mass is 10.0. The lowest BCUT2D eigenvalue weighted by molar-refractivity contribution is 0.108. The summed E-state index contributed by atoms with van der Waals surface area (Å²) < 4.78 is 10.7. The van der Waals surface area contributed by atoms with Crippen LogP contribution < -0.4 is 10.1 Å². The fourth-order valence-electron chi connectivity index (χ4n) is 1.96. The van der Waals surface area contributed by atoms with Gasteiger partial charge in [0.05, 0.1) is 13.2 Å². The van der Waals surface area contributed by atoms with Gasteiger partial charge < -0.3 is 14.8 Å². The van der Waals surface area contributed by atoms with Gasteiger partial charge in [-0.3, -0.25) is 0 Å². The van der Waals surface area contributed by atoms with Crippen LogP contribution in [0, 0.1) is 5.92 Å². The molecule has 88 valence electrons. The summed E-state index contributed by atoms with van der Waals surface area (Å²) in [6.45, 7) is 3.87. The number of methoxy groups -OCH3 is 1. The SMILES string of the molecule is COc1cccnc1NCC1CCOC1C. The highest BCUT2D eigenvalue weighted by Crippen LogP contribution is 2.24. The molecule has 2 atom stereocenters. The first kappa shape index (κ1) is 11.2. The van der Waals surface area contributed by atoms with E-state index in [9.17, 15) is 0 Å². The van der Waals surface area contributed by atoms with E-state index >= 15 is 0 Å². The number of hydrogen-bond donors (Lipinski definition) is 1. The number of nitrogens with zero attached hydrogens (tertiary/aromatic N) is 1. The molecular weight excluding hydrogens is 204 g/mol. The molecule has 0 bridgehead atoms. The van der Waals surface area contributed by atoms with Crippen molar-refractivity contribution in [2.75, 3.05) is 25.6 Å². The molecule has 2 rings (SSSR count). The summed E-state index contributed by atoms with van der Waals surface area (Å²) in [5.41, 5.74) is 0. The molecule has 1 aliphatic heterocycles. The first-order valence-corrected chi connectivity index (χ1v) is 5.65. The lowest BCUT2D eigenvalue weighted by Gasteiger charge is -2.16. The van der Waals surface area contributed by atoms with E-state index in [0.717, 1.165) is 31.1 Å². The van der Waals surface area contributed by atoms with Gasteiger partial charge in [-0.25, -0.2) is 4.98 Å². The highest BCUT2D eigenvalue weighted by atomic mass is 16.5. The van der Waals surface area contributed by atoms with Crippen LogP contribution in [0.15, 0.2) is 18.3 Å². The molecule has 0 aromatic carbocycles. The van der Waals surface area contributed by atoms with Crippen molar-refractivity contribution in [1.29, 1.82) is 0 Å². The third-order valence-electron chi connectivity index (χ3n) is 3.06. The Balaban J connectivity index is 1.93. The molecule has 0 spiro atoms. The minimum atomic E-state index is 0.335. The number of anilines is 1. The maximum atomic E-state index is 5.52. The average Bonchev–Trinajstić information content (AvgIpc) is 2.72. The molecule has 16 heavy (non-hydrogen) atoms. The number of aromatic nitrogens is 1. The van der Waals surface area contributed by atoms with E-state index in [1.807, 2.05) is 12.1 Å². The van der Waals surface area contributed by atoms with E-state index in [2.05, 4.69) is 17.2 Å². The fourth-order valence-corrected chi connectivity index (χ4v) is 1.96. The molecule has 1 aromatic heterocycles. The van der Waals surface area contributed by atoms with E-state index in [1.54, 1.807) is 13.3 Å². The van der Waals surface area contributed by atoms with Crippen LogP contribution in [0.25, 0.3) is 0 Å². The molecule has 0 aliphatic carbocycles. The maximum Gasteiger partial charge on any atom is 0.168 e. The van der Waals surface area contributed by atoms with Gasteiger partial charge in [-0.05, 0) is 25.5 Å². The van der Waals surface area contributed by atoms with Crippen molar-refractivity contribution in [3.63, 3.8) is 0 Å². The molecule has 4 nitrogen and oxygen atoms in total. The van der Waals surface area contributed by atoms with Crippen molar-refractivity contribution in [1.82, 2.24) is 4.98 Å². The molecule has 1 aromatic rings. The van der Waals surface area contributed by atoms with Crippen molar-refractivity contribution in [2.45, 2.75) is 19.4 Å². The Labute approximate surface area is 96.0 Å². The topological polar surface area (TPSA) is 43.4 Å². The third-order valence-corrected chi connectivity index (χ3v) is 3.06. The molecule has 1 fully saturated rings. The van der Waals surface area contributed by atoms with E-state index < -0.39 is 0 Å². The monoisotopic (exact) mass is 222 g/mol. The molecule has 0 amide bonds. The van der Waals surface area contributed by atoms with E-state index in [0.29, 0.717) is 12.0 Å². The van der Waals surface area contributed by atoms with Gasteiger partial charge in [0.2, 0.25) is 0 Å². The zero-order chi connectivity index (χ0) is 11.4. The Morgan fingerprint density at radius 3 is 3.19 bits per heavy atom. The van der Waals surface area contributed by atoms with Gasteiger partial charge in [-0.1, -0.05) is 0 Å². The van der Waals surface area contributed by atoms with Gasteiger partial charge >= 0.3 is 0 Å². The Morgan fingerprint density at radius 1 is 1.62 bits per heavy atom. The second-order valence-corrected chi connectivity index (χ2v) is 4.06. The van der Waals surface area contributed by atoms with Crippen molar-refractivity contribution in [3.8, 4) is 5.75 Å². The Hall–Kier alpha value is -1.29. The molecule has 1 aliphatic rings. The molecule has 2 unspecified atom stereocenters. The van der Waals surface area contributed by atoms with Crippen LogP contribution in [0.2, 0.25) is 0 Å². The van der Waals surface area contributed by atoms with Crippen LogP contribution >= 0.6 is 0 Å². The maximum absolute atomic E-state index is 5.52. The largest absolute Gasteiger partial charge is 0.493 e. The summed E-state index contributed by atoms with van der Waals surface area (Å²) in [4.78, 5) is 4.26. The zero-order valence-electron chi connectivity index (χ0n) is 9.77. The molecular formula is C12H18N2O2. The minimum absolute atomic E-state index is 0.335. The number of nitrogens with one attached hydrogen (secondary N) is 1. The van der Waals surface area contributed by atoms with E-state index in [4.69, 9.17) is 9.47 Å². The smallest absolute Gasteiger partial charge is 0.168 e. The Bertz CT molecular complexity index is 344. The molecule has 4 heteroatoms. The highest BCUT2D eigenvalue weighted by molar-refractivity contribution is 5.49. The summed E-state index contributed by atoms with van der Waals surface area (Å²) in [5.74, 6) is 2.16. The Kier molecular flexibility index (Phi) is 3.62. The quantitative estimate of drug-likeness (QED) is 0.845. The van der Waals surface area contributed by atoms with Crippen LogP contribution in [0.5, 0.6) is 5.75 Å². The second kappa shape index (κ2) is 5.16. The second-order valence-electron chi connectivity index (χ2n) is 4.06. The molecule has 1 saturated heterocycles. The summed E-state index contributed by atoms with van der Waals surface area (Å²) in [6, 6.07) is 3.77.